The molecule has 0 saturated heterocycles. The maximum absolute atomic E-state index is 5.21. The van der Waals surface area contributed by atoms with Gasteiger partial charge in [-0.2, -0.15) is 14.7 Å². The van der Waals surface area contributed by atoms with Gasteiger partial charge in [-0.05, 0) is 24.5 Å². The summed E-state index contributed by atoms with van der Waals surface area (Å²) < 4.78 is 0. The van der Waals surface area contributed by atoms with Crippen LogP contribution in [0.1, 0.15) is 59.3 Å². The van der Waals surface area contributed by atoms with Gasteiger partial charge < -0.3 is 14.7 Å². The molecule has 9 nitrogen and oxygen atoms in total. The van der Waals surface area contributed by atoms with E-state index >= 15 is 0 Å². The molecule has 0 unspecified atom stereocenters. The highest BCUT2D eigenvalue weighted by molar-refractivity contribution is 5.39. The predicted molar refractivity (Wildman–Crippen MR) is 84.3 cm³/mol. The van der Waals surface area contributed by atoms with E-state index in [0.29, 0.717) is 19.8 Å². The number of aromatic nitrogens is 3. The minimum Gasteiger partial charge on any atom is -0.325 e. The van der Waals surface area contributed by atoms with Crippen molar-refractivity contribution >= 4 is 0 Å². The van der Waals surface area contributed by atoms with Crippen LogP contribution in [-0.4, -0.2) is 35.2 Å². The molecule has 1 aromatic heterocycles. The second-order valence-electron chi connectivity index (χ2n) is 5.01. The van der Waals surface area contributed by atoms with Gasteiger partial charge in [-0.1, -0.05) is 50.2 Å². The molecular weight excluding hydrogens is 318 g/mol. The minimum absolute atomic E-state index is 0.0223. The van der Waals surface area contributed by atoms with Gasteiger partial charge in [0, 0.05) is 0 Å². The number of hydrogen-bond donors (Lipinski definition) is 0. The number of nitrogens with zero attached hydrogens (tertiary/aromatic N) is 3. The Kier molecular flexibility index (Phi) is 11.6. The fourth-order valence-corrected chi connectivity index (χ4v) is 1.37. The van der Waals surface area contributed by atoms with Crippen molar-refractivity contribution in [3.05, 3.63) is 0 Å². The van der Waals surface area contributed by atoms with Gasteiger partial charge in [0.25, 0.3) is 5.75 Å². The molecular formula is C15H27N3O6. The van der Waals surface area contributed by atoms with Crippen LogP contribution in [0.4, 0.5) is 0 Å². The van der Waals surface area contributed by atoms with Gasteiger partial charge in [0.2, 0.25) is 0 Å². The third-order valence-corrected chi connectivity index (χ3v) is 2.82. The zero-order valence-electron chi connectivity index (χ0n) is 14.7. The third kappa shape index (κ3) is 8.23. The van der Waals surface area contributed by atoms with Crippen LogP contribution >= 0.6 is 0 Å². The summed E-state index contributed by atoms with van der Waals surface area (Å²) in [6.07, 6.45) is 5.49. The van der Waals surface area contributed by atoms with E-state index in [0.717, 1.165) is 38.5 Å². The van der Waals surface area contributed by atoms with E-state index in [9.17, 15) is 0 Å². The lowest BCUT2D eigenvalue weighted by Gasteiger charge is -2.11. The van der Waals surface area contributed by atoms with E-state index < -0.39 is 0 Å². The molecule has 9 heteroatoms. The Labute approximate surface area is 142 Å². The largest absolute Gasteiger partial charge is 0.328 e. The number of unbranched alkanes of at least 4 members (excludes halogenated alkanes) is 3. The lowest BCUT2D eigenvalue weighted by molar-refractivity contribution is -0.244. The van der Waals surface area contributed by atoms with Crippen molar-refractivity contribution in [2.45, 2.75) is 59.3 Å². The SMILES string of the molecule is CCCCOOc1nnnc(OOCCCC)c1OOCCCC. The predicted octanol–water partition coefficient (Wildman–Crippen LogP) is 3.20. The summed E-state index contributed by atoms with van der Waals surface area (Å²) in [5.74, 6) is -0.0486. The standard InChI is InChI=1S/C15H27N3O6/c1-4-7-10-19-22-13-14(23-20-11-8-5-2)16-18-17-15(13)24-21-12-9-6-3/h4-12H2,1-3H3. The van der Waals surface area contributed by atoms with E-state index in [-0.39, 0.29) is 17.5 Å². The summed E-state index contributed by atoms with van der Waals surface area (Å²) in [6.45, 7) is 7.38. The molecule has 1 rings (SSSR count). The quantitative estimate of drug-likeness (QED) is 0.270. The Morgan fingerprint density at radius 2 is 1.04 bits per heavy atom. The van der Waals surface area contributed by atoms with E-state index in [2.05, 4.69) is 15.4 Å². The maximum atomic E-state index is 5.21. The van der Waals surface area contributed by atoms with Crippen LogP contribution in [0, 0.1) is 0 Å². The smallest absolute Gasteiger partial charge is 0.325 e. The molecule has 24 heavy (non-hydrogen) atoms. The van der Waals surface area contributed by atoms with E-state index in [4.69, 9.17) is 29.3 Å². The topological polar surface area (TPSA) is 94.1 Å². The number of rotatable bonds is 15. The average Bonchev–Trinajstić information content (AvgIpc) is 2.60. The van der Waals surface area contributed by atoms with E-state index in [1.165, 1.54) is 0 Å². The molecule has 0 saturated carbocycles. The number of hydrogen-bond acceptors (Lipinski definition) is 9. The van der Waals surface area contributed by atoms with Crippen LogP contribution in [0.25, 0.3) is 0 Å². The van der Waals surface area contributed by atoms with Crippen molar-refractivity contribution < 1.29 is 29.3 Å². The first-order valence-corrected chi connectivity index (χ1v) is 8.45. The van der Waals surface area contributed by atoms with Crippen molar-refractivity contribution in [3.63, 3.8) is 0 Å². The minimum atomic E-state index is -0.0355. The lowest BCUT2D eigenvalue weighted by atomic mass is 10.4. The molecule has 0 bridgehead atoms. The molecule has 0 atom stereocenters. The Hall–Kier alpha value is -1.71. The molecule has 0 fully saturated rings. The Bertz CT molecular complexity index is 405. The summed E-state index contributed by atoms with van der Waals surface area (Å²) in [7, 11) is 0. The first kappa shape index (κ1) is 20.3. The molecule has 138 valence electrons. The van der Waals surface area contributed by atoms with Crippen molar-refractivity contribution in [3.8, 4) is 17.5 Å². The van der Waals surface area contributed by atoms with Crippen molar-refractivity contribution in [2.24, 2.45) is 0 Å². The van der Waals surface area contributed by atoms with Gasteiger partial charge >= 0.3 is 11.8 Å². The Balaban J connectivity index is 2.67. The summed E-state index contributed by atoms with van der Waals surface area (Å²) in [5.41, 5.74) is 0. The first-order valence-electron chi connectivity index (χ1n) is 8.45. The van der Waals surface area contributed by atoms with Crippen molar-refractivity contribution in [2.75, 3.05) is 19.8 Å². The van der Waals surface area contributed by atoms with Gasteiger partial charge in [-0.3, -0.25) is 0 Å². The van der Waals surface area contributed by atoms with Crippen LogP contribution in [-0.2, 0) is 14.7 Å². The van der Waals surface area contributed by atoms with Gasteiger partial charge in [0.15, 0.2) is 0 Å². The van der Waals surface area contributed by atoms with E-state index in [1.54, 1.807) is 0 Å². The average molecular weight is 345 g/mol. The van der Waals surface area contributed by atoms with Gasteiger partial charge in [0.05, 0.1) is 19.8 Å². The highest BCUT2D eigenvalue weighted by Crippen LogP contribution is 2.33. The van der Waals surface area contributed by atoms with Crippen LogP contribution in [0.2, 0.25) is 0 Å². The molecule has 0 amide bonds. The monoisotopic (exact) mass is 345 g/mol. The fourth-order valence-electron chi connectivity index (χ4n) is 1.37. The lowest BCUT2D eigenvalue weighted by Crippen LogP contribution is -2.10. The normalized spacial score (nSPS) is 10.6. The highest BCUT2D eigenvalue weighted by Gasteiger charge is 2.21. The zero-order chi connectivity index (χ0) is 17.5. The molecule has 0 aliphatic heterocycles. The third-order valence-electron chi connectivity index (χ3n) is 2.82. The Morgan fingerprint density at radius 1 is 0.625 bits per heavy atom. The summed E-state index contributed by atoms with van der Waals surface area (Å²) >= 11 is 0. The molecule has 0 N–H and O–H groups in total. The fraction of sp³-hybridized carbons (Fsp3) is 0.800. The zero-order valence-corrected chi connectivity index (χ0v) is 14.7. The molecule has 1 heterocycles. The van der Waals surface area contributed by atoms with Gasteiger partial charge in [0.1, 0.15) is 0 Å². The van der Waals surface area contributed by atoms with Gasteiger partial charge in [-0.25, -0.2) is 0 Å². The summed E-state index contributed by atoms with van der Waals surface area (Å²) in [4.78, 5) is 30.7. The van der Waals surface area contributed by atoms with Crippen LogP contribution in [0.5, 0.6) is 17.5 Å². The van der Waals surface area contributed by atoms with Crippen LogP contribution in [0.3, 0.4) is 0 Å². The van der Waals surface area contributed by atoms with Crippen LogP contribution in [0.15, 0.2) is 0 Å². The second kappa shape index (κ2) is 13.7. The van der Waals surface area contributed by atoms with Gasteiger partial charge in [-0.15, -0.1) is 0 Å². The second-order valence-corrected chi connectivity index (χ2v) is 5.01. The molecule has 1 aromatic rings. The Morgan fingerprint density at radius 3 is 1.46 bits per heavy atom. The maximum Gasteiger partial charge on any atom is 0.328 e. The first-order chi connectivity index (χ1) is 11.8. The molecule has 0 aliphatic carbocycles. The molecule has 0 aromatic carbocycles. The summed E-state index contributed by atoms with van der Waals surface area (Å²) in [6, 6.07) is 0. The molecule has 0 aliphatic rings. The van der Waals surface area contributed by atoms with E-state index in [1.807, 2.05) is 20.8 Å². The van der Waals surface area contributed by atoms with Crippen molar-refractivity contribution in [1.29, 1.82) is 0 Å². The summed E-state index contributed by atoms with van der Waals surface area (Å²) in [5, 5.41) is 11.0. The highest BCUT2D eigenvalue weighted by atomic mass is 17.2. The van der Waals surface area contributed by atoms with Crippen molar-refractivity contribution in [1.82, 2.24) is 15.4 Å². The molecule has 0 spiro atoms. The molecule has 0 radical (unpaired) electrons. The van der Waals surface area contributed by atoms with Crippen LogP contribution < -0.4 is 14.7 Å².